The zero-order valence-electron chi connectivity index (χ0n) is 9.02. The standard InChI is InChI=1S/C12H16N2O2/c13-10-5-2-6-11(10)14-12(16)8-3-1-4-9(15)7-8/h1,3-4,7,10-11,15H,2,5-6,13H2,(H,14,16). The Labute approximate surface area is 94.5 Å². The third-order valence-electron chi connectivity index (χ3n) is 2.99. The molecule has 0 spiro atoms. The summed E-state index contributed by atoms with van der Waals surface area (Å²) in [6.45, 7) is 0. The third-order valence-corrected chi connectivity index (χ3v) is 2.99. The Kier molecular flexibility index (Phi) is 3.10. The van der Waals surface area contributed by atoms with Gasteiger partial charge in [0.15, 0.2) is 0 Å². The van der Waals surface area contributed by atoms with Crippen molar-refractivity contribution in [2.24, 2.45) is 5.73 Å². The van der Waals surface area contributed by atoms with E-state index in [0.717, 1.165) is 19.3 Å². The van der Waals surface area contributed by atoms with Crippen LogP contribution in [0, 0.1) is 0 Å². The van der Waals surface area contributed by atoms with Gasteiger partial charge >= 0.3 is 0 Å². The number of amides is 1. The van der Waals surface area contributed by atoms with Crippen LogP contribution >= 0.6 is 0 Å². The second-order valence-corrected chi connectivity index (χ2v) is 4.23. The molecular formula is C12H16N2O2. The predicted octanol–water partition coefficient (Wildman–Crippen LogP) is 1.00. The van der Waals surface area contributed by atoms with E-state index in [1.807, 2.05) is 0 Å². The minimum atomic E-state index is -0.168. The van der Waals surface area contributed by atoms with Gasteiger partial charge in [0.1, 0.15) is 5.75 Å². The lowest BCUT2D eigenvalue weighted by Gasteiger charge is -2.17. The Bertz CT molecular complexity index is 392. The second kappa shape index (κ2) is 4.53. The van der Waals surface area contributed by atoms with Crippen LogP contribution in [0.5, 0.6) is 5.75 Å². The van der Waals surface area contributed by atoms with Crippen LogP contribution in [0.1, 0.15) is 29.6 Å². The fourth-order valence-corrected chi connectivity index (χ4v) is 2.07. The minimum absolute atomic E-state index is 0.0567. The molecule has 1 fully saturated rings. The van der Waals surface area contributed by atoms with Crippen molar-refractivity contribution in [1.82, 2.24) is 5.32 Å². The van der Waals surface area contributed by atoms with Crippen LogP contribution in [0.15, 0.2) is 24.3 Å². The van der Waals surface area contributed by atoms with Crippen molar-refractivity contribution in [3.63, 3.8) is 0 Å². The van der Waals surface area contributed by atoms with Gasteiger partial charge in [-0.2, -0.15) is 0 Å². The number of phenols is 1. The largest absolute Gasteiger partial charge is 0.508 e. The molecule has 1 aromatic rings. The average Bonchev–Trinajstić information content (AvgIpc) is 2.64. The van der Waals surface area contributed by atoms with Crippen molar-refractivity contribution in [1.29, 1.82) is 0 Å². The first kappa shape index (κ1) is 11.0. The summed E-state index contributed by atoms with van der Waals surface area (Å²) in [7, 11) is 0. The topological polar surface area (TPSA) is 75.3 Å². The van der Waals surface area contributed by atoms with Gasteiger partial charge in [0.2, 0.25) is 0 Å². The zero-order valence-corrected chi connectivity index (χ0v) is 9.02. The Balaban J connectivity index is 2.03. The van der Waals surface area contributed by atoms with E-state index in [0.29, 0.717) is 5.56 Å². The first-order valence-corrected chi connectivity index (χ1v) is 5.52. The maximum Gasteiger partial charge on any atom is 0.251 e. The van der Waals surface area contributed by atoms with Gasteiger partial charge in [-0.25, -0.2) is 0 Å². The highest BCUT2D eigenvalue weighted by molar-refractivity contribution is 5.94. The number of benzene rings is 1. The molecule has 0 heterocycles. The quantitative estimate of drug-likeness (QED) is 0.696. The number of hydrogen-bond acceptors (Lipinski definition) is 3. The number of phenolic OH excluding ortho intramolecular Hbond substituents is 1. The Hall–Kier alpha value is -1.55. The molecule has 2 atom stereocenters. The molecule has 86 valence electrons. The van der Waals surface area contributed by atoms with Crippen LogP contribution < -0.4 is 11.1 Å². The predicted molar refractivity (Wildman–Crippen MR) is 61.2 cm³/mol. The summed E-state index contributed by atoms with van der Waals surface area (Å²) in [5.41, 5.74) is 6.34. The summed E-state index contributed by atoms with van der Waals surface area (Å²) in [4.78, 5) is 11.8. The fraction of sp³-hybridized carbons (Fsp3) is 0.417. The number of aromatic hydroxyl groups is 1. The van der Waals surface area contributed by atoms with E-state index >= 15 is 0 Å². The molecule has 16 heavy (non-hydrogen) atoms. The van der Waals surface area contributed by atoms with Crippen LogP contribution in [-0.2, 0) is 0 Å². The van der Waals surface area contributed by atoms with Gasteiger partial charge in [0.25, 0.3) is 5.91 Å². The number of hydrogen-bond donors (Lipinski definition) is 3. The molecule has 1 aliphatic rings. The number of carbonyl (C=O) groups excluding carboxylic acids is 1. The molecule has 1 saturated carbocycles. The zero-order chi connectivity index (χ0) is 11.5. The third kappa shape index (κ3) is 2.33. The summed E-state index contributed by atoms with van der Waals surface area (Å²) < 4.78 is 0. The van der Waals surface area contributed by atoms with Crippen molar-refractivity contribution < 1.29 is 9.90 Å². The van der Waals surface area contributed by atoms with E-state index < -0.39 is 0 Å². The minimum Gasteiger partial charge on any atom is -0.508 e. The molecule has 0 aliphatic heterocycles. The van der Waals surface area contributed by atoms with Gasteiger partial charge < -0.3 is 16.2 Å². The van der Waals surface area contributed by atoms with Crippen LogP contribution in [-0.4, -0.2) is 23.1 Å². The summed E-state index contributed by atoms with van der Waals surface area (Å²) in [6, 6.07) is 6.44. The van der Waals surface area contributed by atoms with Crippen molar-refractivity contribution in [3.05, 3.63) is 29.8 Å². The molecule has 0 aromatic heterocycles. The van der Waals surface area contributed by atoms with Crippen LogP contribution in [0.3, 0.4) is 0 Å². The van der Waals surface area contributed by atoms with Gasteiger partial charge in [0.05, 0.1) is 0 Å². The normalized spacial score (nSPS) is 24.3. The number of carbonyl (C=O) groups is 1. The summed E-state index contributed by atoms with van der Waals surface area (Å²) in [5.74, 6) is -0.0679. The molecule has 0 saturated heterocycles. The lowest BCUT2D eigenvalue weighted by molar-refractivity contribution is 0.0934. The first-order valence-electron chi connectivity index (χ1n) is 5.52. The second-order valence-electron chi connectivity index (χ2n) is 4.23. The first-order chi connectivity index (χ1) is 7.66. The molecule has 4 N–H and O–H groups in total. The highest BCUT2D eigenvalue weighted by atomic mass is 16.3. The van der Waals surface area contributed by atoms with Crippen molar-refractivity contribution >= 4 is 5.91 Å². The van der Waals surface area contributed by atoms with Crippen LogP contribution in [0.25, 0.3) is 0 Å². The summed E-state index contributed by atoms with van der Waals surface area (Å²) in [6.07, 6.45) is 2.96. The molecule has 4 nitrogen and oxygen atoms in total. The van der Waals surface area contributed by atoms with Crippen molar-refractivity contribution in [2.45, 2.75) is 31.3 Å². The van der Waals surface area contributed by atoms with Gasteiger partial charge in [-0.1, -0.05) is 6.07 Å². The number of nitrogens with one attached hydrogen (secondary N) is 1. The van der Waals surface area contributed by atoms with Gasteiger partial charge in [-0.15, -0.1) is 0 Å². The maximum atomic E-state index is 11.8. The average molecular weight is 220 g/mol. The Morgan fingerprint density at radius 2 is 2.25 bits per heavy atom. The molecular weight excluding hydrogens is 204 g/mol. The smallest absolute Gasteiger partial charge is 0.251 e. The van der Waals surface area contributed by atoms with E-state index in [4.69, 9.17) is 5.73 Å². The Morgan fingerprint density at radius 3 is 2.88 bits per heavy atom. The molecule has 1 aliphatic carbocycles. The fourth-order valence-electron chi connectivity index (χ4n) is 2.07. The van der Waals surface area contributed by atoms with E-state index in [9.17, 15) is 9.90 Å². The van der Waals surface area contributed by atoms with Gasteiger partial charge in [0, 0.05) is 17.6 Å². The van der Waals surface area contributed by atoms with Gasteiger partial charge in [-0.05, 0) is 37.5 Å². The van der Waals surface area contributed by atoms with Crippen LogP contribution in [0.2, 0.25) is 0 Å². The number of rotatable bonds is 2. The van der Waals surface area contributed by atoms with E-state index in [-0.39, 0.29) is 23.7 Å². The molecule has 0 radical (unpaired) electrons. The summed E-state index contributed by atoms with van der Waals surface area (Å²) in [5, 5.41) is 12.2. The monoisotopic (exact) mass is 220 g/mol. The van der Waals surface area contributed by atoms with E-state index in [2.05, 4.69) is 5.32 Å². The lowest BCUT2D eigenvalue weighted by atomic mass is 10.1. The molecule has 2 rings (SSSR count). The van der Waals surface area contributed by atoms with E-state index in [1.165, 1.54) is 12.1 Å². The molecule has 1 aromatic carbocycles. The van der Waals surface area contributed by atoms with Gasteiger partial charge in [-0.3, -0.25) is 4.79 Å². The van der Waals surface area contributed by atoms with Crippen molar-refractivity contribution in [2.75, 3.05) is 0 Å². The highest BCUT2D eigenvalue weighted by Crippen LogP contribution is 2.18. The number of nitrogens with two attached hydrogens (primary N) is 1. The van der Waals surface area contributed by atoms with Crippen molar-refractivity contribution in [3.8, 4) is 5.75 Å². The Morgan fingerprint density at radius 1 is 1.44 bits per heavy atom. The molecule has 2 unspecified atom stereocenters. The highest BCUT2D eigenvalue weighted by Gasteiger charge is 2.25. The molecule has 4 heteroatoms. The lowest BCUT2D eigenvalue weighted by Crippen LogP contribution is -2.43. The maximum absolute atomic E-state index is 11.8. The SMILES string of the molecule is NC1CCCC1NC(=O)c1cccc(O)c1. The molecule has 1 amide bonds. The van der Waals surface area contributed by atoms with Crippen LogP contribution in [0.4, 0.5) is 0 Å². The summed E-state index contributed by atoms with van der Waals surface area (Å²) >= 11 is 0. The van der Waals surface area contributed by atoms with E-state index in [1.54, 1.807) is 12.1 Å². The molecule has 0 bridgehead atoms.